The van der Waals surface area contributed by atoms with Crippen LogP contribution in [0.2, 0.25) is 0 Å². The first-order chi connectivity index (χ1) is 12.0. The molecule has 0 aliphatic carbocycles. The van der Waals surface area contributed by atoms with Gasteiger partial charge in [-0.3, -0.25) is 9.59 Å². The molecule has 0 atom stereocenters. The second kappa shape index (κ2) is 6.99. The predicted molar refractivity (Wildman–Crippen MR) is 91.3 cm³/mol. The van der Waals surface area contributed by atoms with Gasteiger partial charge in [0.15, 0.2) is 11.6 Å². The van der Waals surface area contributed by atoms with Crippen molar-refractivity contribution in [3.05, 3.63) is 69.8 Å². The molecule has 1 aliphatic rings. The molecular weight excluding hydrogens is 320 g/mol. The normalized spacial score (nSPS) is 13.4. The minimum Gasteiger partial charge on any atom is -0.478 e. The lowest BCUT2D eigenvalue weighted by molar-refractivity contribution is 0.0658. The van der Waals surface area contributed by atoms with Gasteiger partial charge in [-0.25, -0.2) is 4.79 Å². The van der Waals surface area contributed by atoms with E-state index in [0.717, 1.165) is 24.0 Å². The van der Waals surface area contributed by atoms with Crippen LogP contribution < -0.4 is 0 Å². The molecule has 0 unspecified atom stereocenters. The summed E-state index contributed by atoms with van der Waals surface area (Å²) in [7, 11) is 0. The third-order valence-corrected chi connectivity index (χ3v) is 4.33. The van der Waals surface area contributed by atoms with Crippen LogP contribution in [0.5, 0.6) is 0 Å². The molecular formula is C20H18O5. The number of carbonyl (C=O) groups excluding carboxylic acids is 2. The Morgan fingerprint density at radius 2 is 1.72 bits per heavy atom. The number of ether oxygens (including phenoxy) is 1. The SMILES string of the molecule is CCCc1ccc(C(=O)c2ccc(C(=O)O)cc2)c2c1COCC2=O. The molecule has 0 bridgehead atoms. The number of carboxylic acid groups (broad SMARTS) is 1. The van der Waals surface area contributed by atoms with Crippen molar-refractivity contribution < 1.29 is 24.2 Å². The van der Waals surface area contributed by atoms with Gasteiger partial charge < -0.3 is 9.84 Å². The van der Waals surface area contributed by atoms with Crippen LogP contribution in [0.4, 0.5) is 0 Å². The lowest BCUT2D eigenvalue weighted by atomic mass is 9.87. The molecule has 5 heteroatoms. The van der Waals surface area contributed by atoms with Gasteiger partial charge in [0.1, 0.15) is 6.61 Å². The molecule has 2 aromatic rings. The highest BCUT2D eigenvalue weighted by molar-refractivity contribution is 6.17. The van der Waals surface area contributed by atoms with Crippen molar-refractivity contribution in [2.24, 2.45) is 0 Å². The summed E-state index contributed by atoms with van der Waals surface area (Å²) in [5.74, 6) is -1.52. The number of carbonyl (C=O) groups is 3. The van der Waals surface area contributed by atoms with E-state index < -0.39 is 5.97 Å². The molecule has 1 heterocycles. The number of aromatic carboxylic acids is 1. The number of rotatable bonds is 5. The topological polar surface area (TPSA) is 80.7 Å². The zero-order valence-corrected chi connectivity index (χ0v) is 13.9. The number of hydrogen-bond donors (Lipinski definition) is 1. The number of fused-ring (bicyclic) bond motifs is 1. The Bertz CT molecular complexity index is 849. The van der Waals surface area contributed by atoms with Gasteiger partial charge in [0.25, 0.3) is 0 Å². The van der Waals surface area contributed by atoms with Crippen molar-refractivity contribution in [2.45, 2.75) is 26.4 Å². The first-order valence-electron chi connectivity index (χ1n) is 8.16. The third-order valence-electron chi connectivity index (χ3n) is 4.33. The summed E-state index contributed by atoms with van der Waals surface area (Å²) in [6, 6.07) is 9.30. The molecule has 0 saturated heterocycles. The first kappa shape index (κ1) is 17.0. The second-order valence-electron chi connectivity index (χ2n) is 6.00. The minimum absolute atomic E-state index is 0.0270. The standard InChI is InChI=1S/C20H18O5/c1-2-3-12-8-9-15(18-16(12)10-25-11-17(18)21)19(22)13-4-6-14(7-5-13)20(23)24/h4-9H,2-3,10-11H2,1H3,(H,23,24). The average molecular weight is 338 g/mol. The molecule has 0 spiro atoms. The number of carboxylic acids is 1. The first-order valence-corrected chi connectivity index (χ1v) is 8.16. The molecule has 0 amide bonds. The molecule has 0 radical (unpaired) electrons. The molecule has 0 saturated carbocycles. The molecule has 3 rings (SSSR count). The molecule has 1 aliphatic heterocycles. The summed E-state index contributed by atoms with van der Waals surface area (Å²) in [5.41, 5.74) is 3.10. The molecule has 25 heavy (non-hydrogen) atoms. The maximum absolute atomic E-state index is 12.9. The highest BCUT2D eigenvalue weighted by Gasteiger charge is 2.27. The fourth-order valence-corrected chi connectivity index (χ4v) is 3.10. The predicted octanol–water partition coefficient (Wildman–Crippen LogP) is 3.28. The van der Waals surface area contributed by atoms with Gasteiger partial charge in [-0.2, -0.15) is 0 Å². The van der Waals surface area contributed by atoms with Crippen LogP contribution in [0.1, 0.15) is 61.1 Å². The largest absolute Gasteiger partial charge is 0.478 e. The highest BCUT2D eigenvalue weighted by Crippen LogP contribution is 2.27. The van der Waals surface area contributed by atoms with Crippen LogP contribution in [-0.2, 0) is 17.8 Å². The van der Waals surface area contributed by atoms with Gasteiger partial charge in [0, 0.05) is 16.7 Å². The van der Waals surface area contributed by atoms with E-state index in [1.165, 1.54) is 24.3 Å². The van der Waals surface area contributed by atoms with Crippen LogP contribution in [0.25, 0.3) is 0 Å². The van der Waals surface area contributed by atoms with E-state index in [2.05, 4.69) is 6.92 Å². The average Bonchev–Trinajstić information content (AvgIpc) is 2.62. The third kappa shape index (κ3) is 3.23. The highest BCUT2D eigenvalue weighted by atomic mass is 16.5. The minimum atomic E-state index is -1.05. The van der Waals surface area contributed by atoms with Crippen LogP contribution in [-0.4, -0.2) is 29.2 Å². The van der Waals surface area contributed by atoms with E-state index in [1.807, 2.05) is 6.07 Å². The quantitative estimate of drug-likeness (QED) is 0.846. The van der Waals surface area contributed by atoms with Crippen LogP contribution in [0, 0.1) is 0 Å². The van der Waals surface area contributed by atoms with Crippen LogP contribution in [0.3, 0.4) is 0 Å². The Hall–Kier alpha value is -2.79. The van der Waals surface area contributed by atoms with E-state index in [9.17, 15) is 14.4 Å². The Morgan fingerprint density at radius 1 is 1.04 bits per heavy atom. The van der Waals surface area contributed by atoms with Crippen molar-refractivity contribution in [3.63, 3.8) is 0 Å². The van der Waals surface area contributed by atoms with Gasteiger partial charge in [0.05, 0.1) is 12.2 Å². The van der Waals surface area contributed by atoms with Crippen molar-refractivity contribution in [3.8, 4) is 0 Å². The summed E-state index contributed by atoms with van der Waals surface area (Å²) in [4.78, 5) is 36.2. The Labute approximate surface area is 145 Å². The summed E-state index contributed by atoms with van der Waals surface area (Å²) in [6.07, 6.45) is 1.76. The van der Waals surface area contributed by atoms with Crippen molar-refractivity contribution in [2.75, 3.05) is 6.61 Å². The summed E-state index contributed by atoms with van der Waals surface area (Å²) < 4.78 is 5.35. The Morgan fingerprint density at radius 3 is 2.36 bits per heavy atom. The van der Waals surface area contributed by atoms with E-state index >= 15 is 0 Å². The number of hydrogen-bond acceptors (Lipinski definition) is 4. The number of Topliss-reactive ketones (excluding diaryl/α,β-unsaturated/α-hetero) is 1. The van der Waals surface area contributed by atoms with E-state index in [-0.39, 0.29) is 23.7 Å². The number of benzene rings is 2. The van der Waals surface area contributed by atoms with Gasteiger partial charge in [-0.1, -0.05) is 37.6 Å². The number of ketones is 2. The Kier molecular flexibility index (Phi) is 4.76. The van der Waals surface area contributed by atoms with Crippen molar-refractivity contribution in [1.82, 2.24) is 0 Å². The summed E-state index contributed by atoms with van der Waals surface area (Å²) in [6.45, 7) is 2.36. The van der Waals surface area contributed by atoms with Gasteiger partial charge in [-0.05, 0) is 29.7 Å². The van der Waals surface area contributed by atoms with E-state index in [1.54, 1.807) is 6.07 Å². The maximum atomic E-state index is 12.9. The number of aryl methyl sites for hydroxylation is 1. The zero-order valence-electron chi connectivity index (χ0n) is 13.9. The van der Waals surface area contributed by atoms with E-state index in [0.29, 0.717) is 23.3 Å². The van der Waals surface area contributed by atoms with Crippen LogP contribution >= 0.6 is 0 Å². The fraction of sp³-hybridized carbons (Fsp3) is 0.250. The summed E-state index contributed by atoms with van der Waals surface area (Å²) >= 11 is 0. The molecule has 0 fully saturated rings. The van der Waals surface area contributed by atoms with E-state index in [4.69, 9.17) is 9.84 Å². The smallest absolute Gasteiger partial charge is 0.335 e. The molecule has 2 aromatic carbocycles. The maximum Gasteiger partial charge on any atom is 0.335 e. The molecule has 5 nitrogen and oxygen atoms in total. The van der Waals surface area contributed by atoms with Gasteiger partial charge in [-0.15, -0.1) is 0 Å². The molecule has 128 valence electrons. The lowest BCUT2D eigenvalue weighted by Crippen LogP contribution is -2.23. The monoisotopic (exact) mass is 338 g/mol. The fourth-order valence-electron chi connectivity index (χ4n) is 3.10. The van der Waals surface area contributed by atoms with Crippen molar-refractivity contribution in [1.29, 1.82) is 0 Å². The second-order valence-corrected chi connectivity index (χ2v) is 6.00. The zero-order chi connectivity index (χ0) is 18.0. The van der Waals surface area contributed by atoms with Crippen LogP contribution in [0.15, 0.2) is 36.4 Å². The molecule has 0 aromatic heterocycles. The molecule has 1 N–H and O–H groups in total. The summed E-state index contributed by atoms with van der Waals surface area (Å²) in [5, 5.41) is 8.96. The van der Waals surface area contributed by atoms with Crippen molar-refractivity contribution >= 4 is 17.5 Å². The van der Waals surface area contributed by atoms with Gasteiger partial charge in [0.2, 0.25) is 0 Å². The van der Waals surface area contributed by atoms with Gasteiger partial charge >= 0.3 is 5.97 Å². The Balaban J connectivity index is 2.06. The lowest BCUT2D eigenvalue weighted by Gasteiger charge is -2.21.